The summed E-state index contributed by atoms with van der Waals surface area (Å²) in [5.74, 6) is 0.891. The van der Waals surface area contributed by atoms with Crippen LogP contribution in [-0.2, 0) is 11.3 Å². The Morgan fingerprint density at radius 2 is 1.86 bits per heavy atom. The second kappa shape index (κ2) is 7.97. The number of nitrogens with zero attached hydrogens (tertiary/aromatic N) is 4. The summed E-state index contributed by atoms with van der Waals surface area (Å²) in [6.07, 6.45) is 1.94. The van der Waals surface area contributed by atoms with Crippen molar-refractivity contribution < 1.29 is 4.79 Å². The summed E-state index contributed by atoms with van der Waals surface area (Å²) in [5.41, 5.74) is 3.17. The number of halogens is 1. The largest absolute Gasteiger partial charge is 0.369 e. The number of carbonyl (C=O) groups excluding carboxylic acids is 1. The number of amides is 1. The van der Waals surface area contributed by atoms with Crippen LogP contribution < -0.4 is 15.1 Å². The summed E-state index contributed by atoms with van der Waals surface area (Å²) in [5, 5.41) is 3.74. The standard InChI is InChI=1S/C21H26ClN5O/c1-15(2)27-14-20(28)24-19-11-16(12-23-21(19)27)13-25-7-9-26(10-8-25)18-5-3-17(22)4-6-18/h3-6,11-12,15H,7-10,13-14H2,1-2H3,(H,24,28). The molecule has 1 N–H and O–H groups in total. The fourth-order valence-electron chi connectivity index (χ4n) is 3.83. The van der Waals surface area contributed by atoms with Crippen molar-refractivity contribution >= 4 is 34.7 Å². The van der Waals surface area contributed by atoms with E-state index in [0.717, 1.165) is 54.8 Å². The SMILES string of the molecule is CC(C)N1CC(=O)Nc2cc(CN3CCN(c4ccc(Cl)cc4)CC3)cnc21. The Bertz CT molecular complexity index is 846. The first kappa shape index (κ1) is 19.0. The average molecular weight is 400 g/mol. The van der Waals surface area contributed by atoms with Crippen molar-refractivity contribution in [3.63, 3.8) is 0 Å². The molecule has 148 valence electrons. The third-order valence-electron chi connectivity index (χ3n) is 5.38. The van der Waals surface area contributed by atoms with Crippen molar-refractivity contribution in [2.45, 2.75) is 26.4 Å². The molecule has 0 radical (unpaired) electrons. The van der Waals surface area contributed by atoms with Gasteiger partial charge in [0.15, 0.2) is 5.82 Å². The second-order valence-corrected chi connectivity index (χ2v) is 8.16. The Morgan fingerprint density at radius 1 is 1.14 bits per heavy atom. The molecule has 0 saturated carbocycles. The van der Waals surface area contributed by atoms with Gasteiger partial charge in [-0.15, -0.1) is 0 Å². The minimum atomic E-state index is 0.0247. The van der Waals surface area contributed by atoms with Crippen LogP contribution in [0.25, 0.3) is 0 Å². The minimum absolute atomic E-state index is 0.0247. The molecule has 2 aliphatic heterocycles. The van der Waals surface area contributed by atoms with E-state index in [-0.39, 0.29) is 11.9 Å². The lowest BCUT2D eigenvalue weighted by Gasteiger charge is -2.36. The fourth-order valence-corrected chi connectivity index (χ4v) is 3.95. The number of anilines is 3. The normalized spacial score (nSPS) is 17.6. The number of carbonyl (C=O) groups is 1. The van der Waals surface area contributed by atoms with Gasteiger partial charge >= 0.3 is 0 Å². The number of hydrogen-bond donors (Lipinski definition) is 1. The number of piperazine rings is 1. The molecule has 0 atom stereocenters. The Hall–Kier alpha value is -2.31. The molecule has 1 fully saturated rings. The molecule has 6 nitrogen and oxygen atoms in total. The molecule has 2 aromatic rings. The molecule has 1 aromatic carbocycles. The summed E-state index contributed by atoms with van der Waals surface area (Å²) in [7, 11) is 0. The number of nitrogens with one attached hydrogen (secondary N) is 1. The van der Waals surface area contributed by atoms with Gasteiger partial charge < -0.3 is 15.1 Å². The zero-order valence-corrected chi connectivity index (χ0v) is 17.1. The molecule has 7 heteroatoms. The van der Waals surface area contributed by atoms with E-state index in [1.807, 2.05) is 23.2 Å². The Kier molecular flexibility index (Phi) is 5.42. The smallest absolute Gasteiger partial charge is 0.244 e. The molecule has 0 spiro atoms. The topological polar surface area (TPSA) is 51.7 Å². The number of pyridine rings is 1. The summed E-state index contributed by atoms with van der Waals surface area (Å²) in [6, 6.07) is 10.3. The maximum atomic E-state index is 12.0. The lowest BCUT2D eigenvalue weighted by molar-refractivity contribution is -0.115. The highest BCUT2D eigenvalue weighted by molar-refractivity contribution is 6.30. The van der Waals surface area contributed by atoms with E-state index in [1.165, 1.54) is 5.69 Å². The molecule has 1 amide bonds. The van der Waals surface area contributed by atoms with Gasteiger partial charge in [-0.3, -0.25) is 9.69 Å². The molecule has 1 saturated heterocycles. The van der Waals surface area contributed by atoms with E-state index in [1.54, 1.807) is 0 Å². The van der Waals surface area contributed by atoms with E-state index in [9.17, 15) is 4.79 Å². The number of fused-ring (bicyclic) bond motifs is 1. The first-order valence-corrected chi connectivity index (χ1v) is 10.2. The van der Waals surface area contributed by atoms with Gasteiger partial charge in [-0.25, -0.2) is 4.98 Å². The molecule has 0 bridgehead atoms. The van der Waals surface area contributed by atoms with Gasteiger partial charge in [0.25, 0.3) is 0 Å². The minimum Gasteiger partial charge on any atom is -0.369 e. The molecular weight excluding hydrogens is 374 g/mol. The van der Waals surface area contributed by atoms with Crippen LogP contribution in [0.3, 0.4) is 0 Å². The van der Waals surface area contributed by atoms with E-state index < -0.39 is 0 Å². The van der Waals surface area contributed by atoms with Crippen LogP contribution in [-0.4, -0.2) is 54.6 Å². The van der Waals surface area contributed by atoms with Gasteiger partial charge in [0.1, 0.15) is 0 Å². The molecular formula is C21H26ClN5O. The molecule has 0 aliphatic carbocycles. The zero-order valence-electron chi connectivity index (χ0n) is 16.4. The molecule has 2 aliphatic rings. The summed E-state index contributed by atoms with van der Waals surface area (Å²) in [6.45, 7) is 9.32. The van der Waals surface area contributed by atoms with Crippen LogP contribution in [0.1, 0.15) is 19.4 Å². The fraction of sp³-hybridized carbons (Fsp3) is 0.429. The molecule has 4 rings (SSSR count). The lowest BCUT2D eigenvalue weighted by Crippen LogP contribution is -2.46. The number of aromatic nitrogens is 1. The van der Waals surface area contributed by atoms with Gasteiger partial charge in [-0.05, 0) is 49.7 Å². The first-order chi connectivity index (χ1) is 13.5. The lowest BCUT2D eigenvalue weighted by atomic mass is 10.1. The van der Waals surface area contributed by atoms with Crippen molar-refractivity contribution in [3.8, 4) is 0 Å². The van der Waals surface area contributed by atoms with Crippen molar-refractivity contribution in [2.75, 3.05) is 47.8 Å². The number of benzene rings is 1. The highest BCUT2D eigenvalue weighted by Crippen LogP contribution is 2.29. The Balaban J connectivity index is 1.40. The third kappa shape index (κ3) is 4.08. The van der Waals surface area contributed by atoms with E-state index in [4.69, 9.17) is 11.6 Å². The highest BCUT2D eigenvalue weighted by Gasteiger charge is 2.26. The van der Waals surface area contributed by atoms with Gasteiger partial charge in [0.05, 0.1) is 12.2 Å². The van der Waals surface area contributed by atoms with Gasteiger partial charge in [-0.2, -0.15) is 0 Å². The van der Waals surface area contributed by atoms with E-state index >= 15 is 0 Å². The van der Waals surface area contributed by atoms with Crippen LogP contribution >= 0.6 is 11.6 Å². The van der Waals surface area contributed by atoms with Crippen LogP contribution in [0.4, 0.5) is 17.2 Å². The predicted octanol–water partition coefficient (Wildman–Crippen LogP) is 3.22. The van der Waals surface area contributed by atoms with Crippen molar-refractivity contribution in [3.05, 3.63) is 47.1 Å². The van der Waals surface area contributed by atoms with Crippen LogP contribution in [0.5, 0.6) is 0 Å². The predicted molar refractivity (Wildman–Crippen MR) is 114 cm³/mol. The summed E-state index contributed by atoms with van der Waals surface area (Å²) < 4.78 is 0. The Morgan fingerprint density at radius 3 is 2.54 bits per heavy atom. The molecule has 3 heterocycles. The molecule has 0 unspecified atom stereocenters. The van der Waals surface area contributed by atoms with Crippen LogP contribution in [0, 0.1) is 0 Å². The van der Waals surface area contributed by atoms with Gasteiger partial charge in [0.2, 0.25) is 5.91 Å². The third-order valence-corrected chi connectivity index (χ3v) is 5.63. The maximum absolute atomic E-state index is 12.0. The monoisotopic (exact) mass is 399 g/mol. The number of hydrogen-bond acceptors (Lipinski definition) is 5. The Labute approximate surface area is 171 Å². The zero-order chi connectivity index (χ0) is 19.7. The van der Waals surface area contributed by atoms with Crippen molar-refractivity contribution in [1.29, 1.82) is 0 Å². The van der Waals surface area contributed by atoms with E-state index in [2.05, 4.69) is 52.1 Å². The van der Waals surface area contributed by atoms with Crippen LogP contribution in [0.2, 0.25) is 5.02 Å². The van der Waals surface area contributed by atoms with Gasteiger partial charge in [0, 0.05) is 55.7 Å². The van der Waals surface area contributed by atoms with Crippen LogP contribution in [0.15, 0.2) is 36.5 Å². The van der Waals surface area contributed by atoms with Gasteiger partial charge in [-0.1, -0.05) is 11.6 Å². The summed E-state index contributed by atoms with van der Waals surface area (Å²) >= 11 is 5.99. The van der Waals surface area contributed by atoms with Crippen molar-refractivity contribution in [1.82, 2.24) is 9.88 Å². The average Bonchev–Trinajstić information content (AvgIpc) is 2.68. The van der Waals surface area contributed by atoms with E-state index in [0.29, 0.717) is 6.54 Å². The first-order valence-electron chi connectivity index (χ1n) is 9.78. The summed E-state index contributed by atoms with van der Waals surface area (Å²) in [4.78, 5) is 23.5. The highest BCUT2D eigenvalue weighted by atomic mass is 35.5. The second-order valence-electron chi connectivity index (χ2n) is 7.72. The van der Waals surface area contributed by atoms with Crippen molar-refractivity contribution in [2.24, 2.45) is 0 Å². The molecule has 28 heavy (non-hydrogen) atoms. The molecule has 1 aromatic heterocycles. The maximum Gasteiger partial charge on any atom is 0.244 e. The number of rotatable bonds is 4. The quantitative estimate of drug-likeness (QED) is 0.855.